The van der Waals surface area contributed by atoms with E-state index in [-0.39, 0.29) is 10.9 Å². The number of ether oxygens (including phenoxy) is 2. The maximum absolute atomic E-state index is 12.6. The van der Waals surface area contributed by atoms with Crippen LogP contribution in [0.25, 0.3) is 0 Å². The lowest BCUT2D eigenvalue weighted by atomic mass is 10.2. The Balaban J connectivity index is 2.10. The number of nitrogens with zero attached hydrogens (tertiary/aromatic N) is 1. The molecule has 0 aromatic heterocycles. The molecule has 1 atom stereocenters. The van der Waals surface area contributed by atoms with Gasteiger partial charge >= 0.3 is 0 Å². The molecule has 1 fully saturated rings. The van der Waals surface area contributed by atoms with E-state index in [4.69, 9.17) is 15.2 Å². The molecule has 0 saturated carbocycles. The van der Waals surface area contributed by atoms with E-state index in [1.165, 1.54) is 4.31 Å². The van der Waals surface area contributed by atoms with Crippen LogP contribution in [0.3, 0.4) is 0 Å². The molecule has 0 spiro atoms. The molecule has 0 bridgehead atoms. The summed E-state index contributed by atoms with van der Waals surface area (Å²) in [6.45, 7) is 1.82. The first-order valence-electron chi connectivity index (χ1n) is 7.03. The molecule has 1 aliphatic rings. The van der Waals surface area contributed by atoms with Crippen LogP contribution in [0.1, 0.15) is 12.8 Å². The fraction of sp³-hybridized carbons (Fsp3) is 0.571. The fourth-order valence-corrected chi connectivity index (χ4v) is 4.15. The Kier molecular flexibility index (Phi) is 5.58. The second-order valence-corrected chi connectivity index (χ2v) is 6.85. The molecule has 21 heavy (non-hydrogen) atoms. The highest BCUT2D eigenvalue weighted by molar-refractivity contribution is 7.89. The van der Waals surface area contributed by atoms with Crippen LogP contribution >= 0.6 is 0 Å². The number of hydrogen-bond donors (Lipinski definition) is 1. The van der Waals surface area contributed by atoms with Crippen LogP contribution in [-0.2, 0) is 14.8 Å². The third kappa shape index (κ3) is 3.74. The number of nitrogens with two attached hydrogens (primary N) is 1. The zero-order chi connectivity index (χ0) is 15.3. The SMILES string of the molecule is COCCOc1ccc(S(=O)(=O)N2CCCC2CN)cc1. The topological polar surface area (TPSA) is 81.9 Å². The summed E-state index contributed by atoms with van der Waals surface area (Å²) in [5, 5.41) is 0. The molecule has 1 saturated heterocycles. The van der Waals surface area contributed by atoms with Gasteiger partial charge in [-0.1, -0.05) is 0 Å². The summed E-state index contributed by atoms with van der Waals surface area (Å²) in [6.07, 6.45) is 1.69. The van der Waals surface area contributed by atoms with E-state index < -0.39 is 10.0 Å². The van der Waals surface area contributed by atoms with Gasteiger partial charge < -0.3 is 15.2 Å². The van der Waals surface area contributed by atoms with Crippen LogP contribution in [-0.4, -0.2) is 52.2 Å². The first-order valence-corrected chi connectivity index (χ1v) is 8.47. The highest BCUT2D eigenvalue weighted by Crippen LogP contribution is 2.26. The summed E-state index contributed by atoms with van der Waals surface area (Å²) < 4.78 is 37.0. The van der Waals surface area contributed by atoms with E-state index >= 15 is 0 Å². The molecule has 2 N–H and O–H groups in total. The Labute approximate surface area is 125 Å². The molecule has 1 aromatic rings. The maximum atomic E-state index is 12.6. The van der Waals surface area contributed by atoms with E-state index in [1.807, 2.05) is 0 Å². The smallest absolute Gasteiger partial charge is 0.243 e. The number of rotatable bonds is 7. The van der Waals surface area contributed by atoms with Crippen molar-refractivity contribution < 1.29 is 17.9 Å². The molecule has 0 aliphatic carbocycles. The summed E-state index contributed by atoms with van der Waals surface area (Å²) in [4.78, 5) is 0.280. The van der Waals surface area contributed by atoms with Crippen molar-refractivity contribution in [3.05, 3.63) is 24.3 Å². The van der Waals surface area contributed by atoms with Crippen molar-refractivity contribution in [2.75, 3.05) is 33.4 Å². The first kappa shape index (κ1) is 16.2. The zero-order valence-corrected chi connectivity index (χ0v) is 13.0. The van der Waals surface area contributed by atoms with Gasteiger partial charge in [-0.05, 0) is 37.1 Å². The molecule has 118 valence electrons. The second-order valence-electron chi connectivity index (χ2n) is 4.96. The lowest BCUT2D eigenvalue weighted by Crippen LogP contribution is -2.39. The number of hydrogen-bond acceptors (Lipinski definition) is 5. The third-order valence-electron chi connectivity index (χ3n) is 3.58. The number of benzene rings is 1. The molecule has 1 aliphatic heterocycles. The van der Waals surface area contributed by atoms with Gasteiger partial charge in [-0.25, -0.2) is 8.42 Å². The fourth-order valence-electron chi connectivity index (χ4n) is 2.45. The number of methoxy groups -OCH3 is 1. The Morgan fingerprint density at radius 1 is 1.29 bits per heavy atom. The van der Waals surface area contributed by atoms with Crippen LogP contribution < -0.4 is 10.5 Å². The van der Waals surface area contributed by atoms with Crippen molar-refractivity contribution in [3.8, 4) is 5.75 Å². The monoisotopic (exact) mass is 314 g/mol. The quantitative estimate of drug-likeness (QED) is 0.754. The predicted octanol–water partition coefficient (Wildman–Crippen LogP) is 0.824. The van der Waals surface area contributed by atoms with Gasteiger partial charge in [0.05, 0.1) is 11.5 Å². The van der Waals surface area contributed by atoms with Gasteiger partial charge in [0.25, 0.3) is 0 Å². The van der Waals surface area contributed by atoms with Gasteiger partial charge in [-0.3, -0.25) is 0 Å². The van der Waals surface area contributed by atoms with Gasteiger partial charge in [-0.15, -0.1) is 0 Å². The Morgan fingerprint density at radius 3 is 2.62 bits per heavy atom. The van der Waals surface area contributed by atoms with Gasteiger partial charge in [0.2, 0.25) is 10.0 Å². The number of sulfonamides is 1. The Hall–Kier alpha value is -1.15. The molecular weight excluding hydrogens is 292 g/mol. The third-order valence-corrected chi connectivity index (χ3v) is 5.55. The van der Waals surface area contributed by atoms with Crippen molar-refractivity contribution in [2.45, 2.75) is 23.8 Å². The van der Waals surface area contributed by atoms with E-state index in [9.17, 15) is 8.42 Å². The molecule has 0 amide bonds. The molecule has 1 heterocycles. The molecular formula is C14H22N2O4S. The highest BCUT2D eigenvalue weighted by atomic mass is 32.2. The van der Waals surface area contributed by atoms with Crippen molar-refractivity contribution in [1.29, 1.82) is 0 Å². The average molecular weight is 314 g/mol. The summed E-state index contributed by atoms with van der Waals surface area (Å²) in [6, 6.07) is 6.38. The molecule has 1 unspecified atom stereocenters. The van der Waals surface area contributed by atoms with Gasteiger partial charge in [0.1, 0.15) is 12.4 Å². The molecule has 0 radical (unpaired) electrons. The van der Waals surface area contributed by atoms with Crippen LogP contribution in [0.15, 0.2) is 29.2 Å². The van der Waals surface area contributed by atoms with Crippen LogP contribution in [0, 0.1) is 0 Å². The summed E-state index contributed by atoms with van der Waals surface area (Å²) in [7, 11) is -1.87. The van der Waals surface area contributed by atoms with Gasteiger partial charge in [0.15, 0.2) is 0 Å². The maximum Gasteiger partial charge on any atom is 0.243 e. The standard InChI is InChI=1S/C14H22N2O4S/c1-19-9-10-20-13-4-6-14(7-5-13)21(17,18)16-8-2-3-12(16)11-15/h4-7,12H,2-3,8-11,15H2,1H3. The van der Waals surface area contributed by atoms with Crippen molar-refractivity contribution in [3.63, 3.8) is 0 Å². The largest absolute Gasteiger partial charge is 0.491 e. The Morgan fingerprint density at radius 2 is 2.00 bits per heavy atom. The van der Waals surface area contributed by atoms with E-state index in [1.54, 1.807) is 31.4 Å². The van der Waals surface area contributed by atoms with Crippen LogP contribution in [0.2, 0.25) is 0 Å². The lowest BCUT2D eigenvalue weighted by molar-refractivity contribution is 0.146. The lowest BCUT2D eigenvalue weighted by Gasteiger charge is -2.22. The first-order chi connectivity index (χ1) is 10.1. The summed E-state index contributed by atoms with van der Waals surface area (Å²) >= 11 is 0. The average Bonchev–Trinajstić information content (AvgIpc) is 2.97. The highest BCUT2D eigenvalue weighted by Gasteiger charge is 2.34. The minimum atomic E-state index is -3.47. The second kappa shape index (κ2) is 7.22. The molecule has 1 aromatic carbocycles. The summed E-state index contributed by atoms with van der Waals surface area (Å²) in [5.41, 5.74) is 5.65. The predicted molar refractivity (Wildman–Crippen MR) is 79.8 cm³/mol. The summed E-state index contributed by atoms with van der Waals surface area (Å²) in [5.74, 6) is 0.628. The van der Waals surface area contributed by atoms with Gasteiger partial charge in [0, 0.05) is 26.2 Å². The van der Waals surface area contributed by atoms with Crippen LogP contribution in [0.4, 0.5) is 0 Å². The van der Waals surface area contributed by atoms with Crippen molar-refractivity contribution >= 4 is 10.0 Å². The van der Waals surface area contributed by atoms with Gasteiger partial charge in [-0.2, -0.15) is 4.31 Å². The Bertz CT molecular complexity index is 545. The molecule has 2 rings (SSSR count). The molecule has 6 nitrogen and oxygen atoms in total. The van der Waals surface area contributed by atoms with Crippen molar-refractivity contribution in [1.82, 2.24) is 4.31 Å². The zero-order valence-electron chi connectivity index (χ0n) is 12.2. The van der Waals surface area contributed by atoms with Crippen molar-refractivity contribution in [2.24, 2.45) is 5.73 Å². The minimum Gasteiger partial charge on any atom is -0.491 e. The van der Waals surface area contributed by atoms with E-state index in [2.05, 4.69) is 0 Å². The van der Waals surface area contributed by atoms with E-state index in [0.717, 1.165) is 12.8 Å². The normalized spacial score (nSPS) is 19.8. The van der Waals surface area contributed by atoms with E-state index in [0.29, 0.717) is 32.1 Å². The molecule has 7 heteroatoms. The van der Waals surface area contributed by atoms with Crippen LogP contribution in [0.5, 0.6) is 5.75 Å². The minimum absolute atomic E-state index is 0.0902.